The van der Waals surface area contributed by atoms with E-state index in [0.717, 1.165) is 17.3 Å². The normalized spacial score (nSPS) is 16.6. The van der Waals surface area contributed by atoms with E-state index >= 15 is 0 Å². The quantitative estimate of drug-likeness (QED) is 0.718. The number of aryl methyl sites for hydroxylation is 1. The fraction of sp³-hybridized carbons (Fsp3) is 0.222. The zero-order valence-corrected chi connectivity index (χ0v) is 13.5. The van der Waals surface area contributed by atoms with Crippen LogP contribution in [0.4, 0.5) is 4.39 Å². The van der Waals surface area contributed by atoms with E-state index in [1.807, 2.05) is 24.3 Å². The Bertz CT molecular complexity index is 940. The lowest BCUT2D eigenvalue weighted by molar-refractivity contribution is 0.0601. The molecule has 0 fully saturated rings. The second-order valence-electron chi connectivity index (χ2n) is 5.97. The summed E-state index contributed by atoms with van der Waals surface area (Å²) < 4.78 is 19.1. The summed E-state index contributed by atoms with van der Waals surface area (Å²) in [5, 5.41) is 7.96. The standard InChI is InChI=1S/C18H15FN4O2/c1-11-21-22-17(25-11)16-7-12-4-2-3-5-13(12)10-23(16)18(24)14-6-15(19)9-20-8-14/h2-6,8-9,16H,7,10H2,1H3/t16-/m0/s1. The Morgan fingerprint density at radius 1 is 1.24 bits per heavy atom. The number of hydrogen-bond donors (Lipinski definition) is 0. The Morgan fingerprint density at radius 2 is 2.04 bits per heavy atom. The first-order chi connectivity index (χ1) is 12.1. The van der Waals surface area contributed by atoms with Crippen LogP contribution in [0.15, 0.2) is 47.1 Å². The van der Waals surface area contributed by atoms with Gasteiger partial charge in [-0.25, -0.2) is 4.39 Å². The van der Waals surface area contributed by atoms with E-state index in [0.29, 0.717) is 24.7 Å². The van der Waals surface area contributed by atoms with E-state index in [1.54, 1.807) is 11.8 Å². The van der Waals surface area contributed by atoms with E-state index in [2.05, 4.69) is 15.2 Å². The van der Waals surface area contributed by atoms with Crippen LogP contribution in [-0.2, 0) is 13.0 Å². The molecule has 126 valence electrons. The van der Waals surface area contributed by atoms with Crippen molar-refractivity contribution in [1.82, 2.24) is 20.1 Å². The molecule has 0 saturated carbocycles. The molecule has 0 saturated heterocycles. The van der Waals surface area contributed by atoms with Crippen molar-refractivity contribution in [1.29, 1.82) is 0 Å². The molecular weight excluding hydrogens is 323 g/mol. The van der Waals surface area contributed by atoms with Crippen molar-refractivity contribution < 1.29 is 13.6 Å². The Hall–Kier alpha value is -3.09. The summed E-state index contributed by atoms with van der Waals surface area (Å²) in [5.41, 5.74) is 2.37. The molecule has 0 aliphatic carbocycles. The second kappa shape index (κ2) is 6.08. The monoisotopic (exact) mass is 338 g/mol. The molecule has 25 heavy (non-hydrogen) atoms. The molecule has 0 unspecified atom stereocenters. The van der Waals surface area contributed by atoms with Crippen molar-refractivity contribution in [2.45, 2.75) is 25.9 Å². The van der Waals surface area contributed by atoms with Crippen LogP contribution in [0.1, 0.15) is 39.3 Å². The fourth-order valence-corrected chi connectivity index (χ4v) is 3.10. The van der Waals surface area contributed by atoms with Crippen LogP contribution in [0.3, 0.4) is 0 Å². The summed E-state index contributed by atoms with van der Waals surface area (Å²) >= 11 is 0. The summed E-state index contributed by atoms with van der Waals surface area (Å²) in [4.78, 5) is 18.4. The van der Waals surface area contributed by atoms with Crippen LogP contribution < -0.4 is 0 Å². The van der Waals surface area contributed by atoms with E-state index < -0.39 is 11.9 Å². The maximum absolute atomic E-state index is 13.5. The number of amides is 1. The lowest BCUT2D eigenvalue weighted by atomic mass is 9.93. The van der Waals surface area contributed by atoms with Crippen LogP contribution in [-0.4, -0.2) is 26.0 Å². The molecule has 3 aromatic rings. The Kier molecular flexibility index (Phi) is 3.76. The van der Waals surface area contributed by atoms with Crippen molar-refractivity contribution in [3.8, 4) is 0 Å². The molecule has 4 rings (SSSR count). The third-order valence-corrected chi connectivity index (χ3v) is 4.29. The summed E-state index contributed by atoms with van der Waals surface area (Å²) in [7, 11) is 0. The first-order valence-electron chi connectivity index (χ1n) is 7.90. The molecule has 0 spiro atoms. The minimum Gasteiger partial charge on any atom is -0.423 e. The molecule has 7 heteroatoms. The number of pyridine rings is 1. The van der Waals surface area contributed by atoms with Gasteiger partial charge in [-0.3, -0.25) is 9.78 Å². The molecular formula is C18H15FN4O2. The van der Waals surface area contributed by atoms with Crippen molar-refractivity contribution >= 4 is 5.91 Å². The van der Waals surface area contributed by atoms with Crippen LogP contribution in [0.25, 0.3) is 0 Å². The highest BCUT2D eigenvalue weighted by Gasteiger charge is 2.34. The van der Waals surface area contributed by atoms with Crippen molar-refractivity contribution in [3.05, 3.63) is 77.0 Å². The number of rotatable bonds is 2. The molecule has 1 aliphatic heterocycles. The molecule has 1 aliphatic rings. The lowest BCUT2D eigenvalue weighted by Gasteiger charge is -2.35. The highest BCUT2D eigenvalue weighted by molar-refractivity contribution is 5.94. The third-order valence-electron chi connectivity index (χ3n) is 4.29. The largest absolute Gasteiger partial charge is 0.423 e. The number of carbonyl (C=O) groups excluding carboxylic acids is 1. The highest BCUT2D eigenvalue weighted by Crippen LogP contribution is 2.33. The minimum absolute atomic E-state index is 0.195. The van der Waals surface area contributed by atoms with Gasteiger partial charge in [-0.2, -0.15) is 0 Å². The average molecular weight is 338 g/mol. The number of hydrogen-bond acceptors (Lipinski definition) is 5. The zero-order valence-electron chi connectivity index (χ0n) is 13.5. The second-order valence-corrected chi connectivity index (χ2v) is 5.97. The van der Waals surface area contributed by atoms with E-state index in [4.69, 9.17) is 4.42 Å². The van der Waals surface area contributed by atoms with Gasteiger partial charge in [0.2, 0.25) is 11.8 Å². The summed E-state index contributed by atoms with van der Waals surface area (Å²) in [5.74, 6) is -0.0470. The number of carbonyl (C=O) groups is 1. The van der Waals surface area contributed by atoms with Gasteiger partial charge in [-0.15, -0.1) is 10.2 Å². The predicted octanol–water partition coefficient (Wildman–Crippen LogP) is 2.85. The summed E-state index contributed by atoms with van der Waals surface area (Å²) in [6.45, 7) is 2.09. The van der Waals surface area contributed by atoms with Gasteiger partial charge in [0.15, 0.2) is 0 Å². The fourth-order valence-electron chi connectivity index (χ4n) is 3.10. The average Bonchev–Trinajstić information content (AvgIpc) is 3.06. The molecule has 0 N–H and O–H groups in total. The molecule has 1 atom stereocenters. The van der Waals surface area contributed by atoms with Crippen LogP contribution in [0, 0.1) is 12.7 Å². The van der Waals surface area contributed by atoms with Gasteiger partial charge in [0, 0.05) is 26.1 Å². The number of halogens is 1. The predicted molar refractivity (Wildman–Crippen MR) is 86.0 cm³/mol. The Balaban J connectivity index is 1.75. The first-order valence-corrected chi connectivity index (χ1v) is 7.90. The van der Waals surface area contributed by atoms with E-state index in [-0.39, 0.29) is 11.5 Å². The van der Waals surface area contributed by atoms with E-state index in [1.165, 1.54) is 12.3 Å². The van der Waals surface area contributed by atoms with Gasteiger partial charge in [0.1, 0.15) is 11.9 Å². The van der Waals surface area contributed by atoms with Gasteiger partial charge in [-0.1, -0.05) is 24.3 Å². The maximum Gasteiger partial charge on any atom is 0.256 e. The molecule has 2 aromatic heterocycles. The molecule has 0 radical (unpaired) electrons. The van der Waals surface area contributed by atoms with Crippen LogP contribution >= 0.6 is 0 Å². The van der Waals surface area contributed by atoms with Gasteiger partial charge >= 0.3 is 0 Å². The Morgan fingerprint density at radius 3 is 2.76 bits per heavy atom. The zero-order chi connectivity index (χ0) is 17.4. The molecule has 3 heterocycles. The van der Waals surface area contributed by atoms with Crippen LogP contribution in [0.5, 0.6) is 0 Å². The van der Waals surface area contributed by atoms with Gasteiger partial charge in [-0.05, 0) is 17.2 Å². The Labute approximate surface area is 143 Å². The number of benzene rings is 1. The lowest BCUT2D eigenvalue weighted by Crippen LogP contribution is -2.39. The van der Waals surface area contributed by atoms with Crippen molar-refractivity contribution in [3.63, 3.8) is 0 Å². The summed E-state index contributed by atoms with van der Waals surface area (Å²) in [6, 6.07) is 8.69. The number of nitrogens with zero attached hydrogens (tertiary/aromatic N) is 4. The molecule has 1 amide bonds. The first kappa shape index (κ1) is 15.4. The number of fused-ring (bicyclic) bond motifs is 1. The van der Waals surface area contributed by atoms with Crippen molar-refractivity contribution in [2.24, 2.45) is 0 Å². The van der Waals surface area contributed by atoms with E-state index in [9.17, 15) is 9.18 Å². The highest BCUT2D eigenvalue weighted by atomic mass is 19.1. The van der Waals surface area contributed by atoms with Gasteiger partial charge < -0.3 is 9.32 Å². The third kappa shape index (κ3) is 2.88. The molecule has 6 nitrogen and oxygen atoms in total. The van der Waals surface area contributed by atoms with Gasteiger partial charge in [0.05, 0.1) is 11.8 Å². The topological polar surface area (TPSA) is 72.1 Å². The van der Waals surface area contributed by atoms with Crippen LogP contribution in [0.2, 0.25) is 0 Å². The smallest absolute Gasteiger partial charge is 0.256 e. The molecule has 1 aromatic carbocycles. The molecule has 0 bridgehead atoms. The minimum atomic E-state index is -0.548. The SMILES string of the molecule is Cc1nnc([C@@H]2Cc3ccccc3CN2C(=O)c2cncc(F)c2)o1. The van der Waals surface area contributed by atoms with Gasteiger partial charge in [0.25, 0.3) is 5.91 Å². The summed E-state index contributed by atoms with van der Waals surface area (Å²) in [6.07, 6.45) is 3.00. The van der Waals surface area contributed by atoms with Crippen molar-refractivity contribution in [2.75, 3.05) is 0 Å². The maximum atomic E-state index is 13.5. The number of aromatic nitrogens is 3.